The molecule has 0 saturated carbocycles. The summed E-state index contributed by atoms with van der Waals surface area (Å²) in [4.78, 5) is 4.06. The number of aliphatic imine (C=N–C) groups is 1. The lowest BCUT2D eigenvalue weighted by Crippen LogP contribution is -2.17. The molecule has 0 heterocycles. The number of rotatable bonds is 4. The zero-order valence-corrected chi connectivity index (χ0v) is 8.81. The van der Waals surface area contributed by atoms with E-state index in [1.165, 1.54) is 5.70 Å². The molecular weight excluding hydrogens is 148 g/mol. The zero-order chi connectivity index (χ0) is 9.56. The van der Waals surface area contributed by atoms with Crippen LogP contribution < -0.4 is 5.32 Å². The predicted molar refractivity (Wildman–Crippen MR) is 55.6 cm³/mol. The van der Waals surface area contributed by atoms with E-state index in [-0.39, 0.29) is 0 Å². The Kier molecular flexibility index (Phi) is 5.43. The van der Waals surface area contributed by atoms with Crippen molar-refractivity contribution >= 4 is 5.71 Å². The molecule has 2 nitrogen and oxygen atoms in total. The second-order valence-electron chi connectivity index (χ2n) is 3.47. The Morgan fingerprint density at radius 2 is 2.00 bits per heavy atom. The lowest BCUT2D eigenvalue weighted by atomic mass is 10.2. The molecule has 0 aliphatic heterocycles. The van der Waals surface area contributed by atoms with E-state index in [1.54, 1.807) is 0 Å². The van der Waals surface area contributed by atoms with Gasteiger partial charge >= 0.3 is 0 Å². The quantitative estimate of drug-likeness (QED) is 0.640. The highest BCUT2D eigenvalue weighted by atomic mass is 14.9. The summed E-state index contributed by atoms with van der Waals surface area (Å²) in [5, 5.41) is 3.33. The van der Waals surface area contributed by atoms with Crippen LogP contribution in [-0.2, 0) is 0 Å². The van der Waals surface area contributed by atoms with Crippen molar-refractivity contribution in [3.05, 3.63) is 11.8 Å². The van der Waals surface area contributed by atoms with Crippen molar-refractivity contribution in [1.29, 1.82) is 0 Å². The van der Waals surface area contributed by atoms with Crippen molar-refractivity contribution in [2.24, 2.45) is 10.9 Å². The number of allylic oxidation sites excluding steroid dienone is 2. The van der Waals surface area contributed by atoms with Gasteiger partial charge in [-0.3, -0.25) is 4.99 Å². The van der Waals surface area contributed by atoms with E-state index in [0.717, 1.165) is 12.3 Å². The zero-order valence-electron chi connectivity index (χ0n) is 8.81. The van der Waals surface area contributed by atoms with Gasteiger partial charge in [0.25, 0.3) is 0 Å². The van der Waals surface area contributed by atoms with Crippen LogP contribution >= 0.6 is 0 Å². The molecule has 0 aliphatic rings. The number of hydrogen-bond donors (Lipinski definition) is 1. The first-order valence-corrected chi connectivity index (χ1v) is 4.41. The molecule has 2 heteroatoms. The molecule has 0 spiro atoms. The van der Waals surface area contributed by atoms with Crippen LogP contribution in [-0.4, -0.2) is 19.3 Å². The second-order valence-corrected chi connectivity index (χ2v) is 3.47. The van der Waals surface area contributed by atoms with Crippen molar-refractivity contribution in [2.45, 2.75) is 27.7 Å². The average Bonchev–Trinajstić information content (AvgIpc) is 2.00. The first-order chi connectivity index (χ1) is 5.56. The number of nitrogens with one attached hydrogen (secondary N) is 1. The largest absolute Gasteiger partial charge is 0.388 e. The summed E-state index contributed by atoms with van der Waals surface area (Å²) in [6.45, 7) is 9.49. The van der Waals surface area contributed by atoms with Crippen LogP contribution in [0.25, 0.3) is 0 Å². The molecule has 0 aromatic rings. The molecule has 0 saturated heterocycles. The Morgan fingerprint density at radius 3 is 2.42 bits per heavy atom. The van der Waals surface area contributed by atoms with Crippen molar-refractivity contribution in [3.63, 3.8) is 0 Å². The van der Waals surface area contributed by atoms with Gasteiger partial charge in [0.1, 0.15) is 0 Å². The van der Waals surface area contributed by atoms with E-state index in [4.69, 9.17) is 0 Å². The lowest BCUT2D eigenvalue weighted by Gasteiger charge is -2.08. The molecule has 0 unspecified atom stereocenters. The van der Waals surface area contributed by atoms with Crippen LogP contribution in [0.4, 0.5) is 0 Å². The number of hydrogen-bond acceptors (Lipinski definition) is 2. The van der Waals surface area contributed by atoms with Gasteiger partial charge in [-0.1, -0.05) is 13.8 Å². The van der Waals surface area contributed by atoms with E-state index in [1.807, 2.05) is 14.0 Å². The first-order valence-electron chi connectivity index (χ1n) is 4.41. The molecule has 0 fully saturated rings. The molecule has 0 radical (unpaired) electrons. The number of nitrogens with zero attached hydrogens (tertiary/aromatic N) is 1. The van der Waals surface area contributed by atoms with Crippen LogP contribution in [0.1, 0.15) is 27.7 Å². The van der Waals surface area contributed by atoms with E-state index >= 15 is 0 Å². The van der Waals surface area contributed by atoms with E-state index in [0.29, 0.717) is 5.92 Å². The second kappa shape index (κ2) is 5.81. The molecule has 0 atom stereocenters. The van der Waals surface area contributed by atoms with Gasteiger partial charge in [0.15, 0.2) is 0 Å². The van der Waals surface area contributed by atoms with Gasteiger partial charge in [0, 0.05) is 25.0 Å². The molecule has 0 aromatic heterocycles. The maximum atomic E-state index is 4.06. The van der Waals surface area contributed by atoms with Gasteiger partial charge in [-0.25, -0.2) is 0 Å². The fourth-order valence-electron chi connectivity index (χ4n) is 0.794. The van der Waals surface area contributed by atoms with Crippen molar-refractivity contribution in [1.82, 2.24) is 5.32 Å². The molecular formula is C10H20N2. The highest BCUT2D eigenvalue weighted by molar-refractivity contribution is 5.93. The van der Waals surface area contributed by atoms with Crippen LogP contribution in [0.15, 0.2) is 16.8 Å². The normalized spacial score (nSPS) is 13.8. The van der Waals surface area contributed by atoms with Crippen LogP contribution in [0.5, 0.6) is 0 Å². The van der Waals surface area contributed by atoms with Gasteiger partial charge in [0.2, 0.25) is 0 Å². The molecule has 0 aromatic carbocycles. The van der Waals surface area contributed by atoms with Crippen molar-refractivity contribution < 1.29 is 0 Å². The van der Waals surface area contributed by atoms with Crippen LogP contribution in [0.3, 0.4) is 0 Å². The fourth-order valence-corrected chi connectivity index (χ4v) is 0.794. The standard InChI is InChI=1S/C10H20N2/c1-8(2)7-12-10(4)6-9(3)11-5/h6,8,12H,7H2,1-5H3. The Hall–Kier alpha value is -0.790. The van der Waals surface area contributed by atoms with E-state index in [9.17, 15) is 0 Å². The van der Waals surface area contributed by atoms with Gasteiger partial charge in [-0.05, 0) is 25.8 Å². The average molecular weight is 168 g/mol. The monoisotopic (exact) mass is 168 g/mol. The minimum absolute atomic E-state index is 0.687. The van der Waals surface area contributed by atoms with Crippen molar-refractivity contribution in [2.75, 3.05) is 13.6 Å². The minimum atomic E-state index is 0.687. The Bertz CT molecular complexity index is 178. The minimum Gasteiger partial charge on any atom is -0.388 e. The van der Waals surface area contributed by atoms with Gasteiger partial charge < -0.3 is 5.32 Å². The smallest absolute Gasteiger partial charge is 0.0330 e. The highest BCUT2D eigenvalue weighted by Crippen LogP contribution is 1.93. The summed E-state index contributed by atoms with van der Waals surface area (Å²) < 4.78 is 0. The molecule has 0 rings (SSSR count). The summed E-state index contributed by atoms with van der Waals surface area (Å²) in [7, 11) is 1.81. The van der Waals surface area contributed by atoms with Gasteiger partial charge in [0.05, 0.1) is 0 Å². The maximum Gasteiger partial charge on any atom is 0.0330 e. The summed E-state index contributed by atoms with van der Waals surface area (Å²) in [6.07, 6.45) is 2.06. The molecule has 0 amide bonds. The van der Waals surface area contributed by atoms with E-state index in [2.05, 4.69) is 37.2 Å². The Balaban J connectivity index is 3.86. The third-order valence-electron chi connectivity index (χ3n) is 1.57. The molecule has 1 N–H and O–H groups in total. The van der Waals surface area contributed by atoms with Crippen LogP contribution in [0, 0.1) is 5.92 Å². The van der Waals surface area contributed by atoms with Gasteiger partial charge in [-0.15, -0.1) is 0 Å². The third kappa shape index (κ3) is 5.96. The molecule has 0 aliphatic carbocycles. The predicted octanol–water partition coefficient (Wildman–Crippen LogP) is 2.23. The summed E-state index contributed by atoms with van der Waals surface area (Å²) in [5.41, 5.74) is 2.25. The van der Waals surface area contributed by atoms with E-state index < -0.39 is 0 Å². The summed E-state index contributed by atoms with van der Waals surface area (Å²) >= 11 is 0. The third-order valence-corrected chi connectivity index (χ3v) is 1.57. The fraction of sp³-hybridized carbons (Fsp3) is 0.700. The highest BCUT2D eigenvalue weighted by Gasteiger charge is 1.93. The molecule has 0 bridgehead atoms. The summed E-state index contributed by atoms with van der Waals surface area (Å²) in [6, 6.07) is 0. The topological polar surface area (TPSA) is 24.4 Å². The Morgan fingerprint density at radius 1 is 1.42 bits per heavy atom. The van der Waals surface area contributed by atoms with Crippen LogP contribution in [0.2, 0.25) is 0 Å². The molecule has 70 valence electrons. The SMILES string of the molecule is CN=C(C)C=C(C)NCC(C)C. The first kappa shape index (κ1) is 11.2. The maximum absolute atomic E-state index is 4.06. The molecule has 12 heavy (non-hydrogen) atoms. The van der Waals surface area contributed by atoms with Crippen molar-refractivity contribution in [3.8, 4) is 0 Å². The van der Waals surface area contributed by atoms with Gasteiger partial charge in [-0.2, -0.15) is 0 Å². The lowest BCUT2D eigenvalue weighted by molar-refractivity contribution is 0.596. The Labute approximate surface area is 75.8 Å². The summed E-state index contributed by atoms with van der Waals surface area (Å²) in [5.74, 6) is 0.687.